The van der Waals surface area contributed by atoms with E-state index in [9.17, 15) is 26.4 Å². The lowest BCUT2D eigenvalue weighted by molar-refractivity contribution is -0.138. The van der Waals surface area contributed by atoms with Crippen LogP contribution in [0.25, 0.3) is 11.0 Å². The quantitative estimate of drug-likeness (QED) is 0.760. The average molecular weight is 432 g/mol. The minimum Gasteiger partial charge on any atom is -0.347 e. The maximum Gasteiger partial charge on any atom is 0.405 e. The van der Waals surface area contributed by atoms with Gasteiger partial charge in [0.05, 0.1) is 15.9 Å². The first-order valence-electron chi connectivity index (χ1n) is 9.37. The Hall–Kier alpha value is -2.14. The van der Waals surface area contributed by atoms with Gasteiger partial charge < -0.3 is 9.88 Å². The molecule has 0 aliphatic carbocycles. The number of aryl methyl sites for hydroxylation is 2. The molecule has 1 saturated heterocycles. The number of amides is 1. The van der Waals surface area contributed by atoms with Crippen molar-refractivity contribution >= 4 is 27.0 Å². The lowest BCUT2D eigenvalue weighted by Crippen LogP contribution is -2.35. The summed E-state index contributed by atoms with van der Waals surface area (Å²) < 4.78 is 65.4. The van der Waals surface area contributed by atoms with Gasteiger partial charge in [0.2, 0.25) is 15.9 Å². The number of carbonyl (C=O) groups is 1. The Balaban J connectivity index is 1.75. The predicted molar refractivity (Wildman–Crippen MR) is 101 cm³/mol. The highest BCUT2D eigenvalue weighted by Crippen LogP contribution is 2.25. The number of benzene rings is 1. The molecule has 2 heterocycles. The molecule has 1 N–H and O–H groups in total. The van der Waals surface area contributed by atoms with Gasteiger partial charge in [-0.1, -0.05) is 6.42 Å². The SMILES string of the molecule is Cn1c(CCC(=O)NCC(F)(F)F)nc2cc(S(=O)(=O)N3CCCCC3)ccc21. The molecule has 1 aliphatic rings. The van der Waals surface area contributed by atoms with E-state index in [1.165, 1.54) is 16.4 Å². The topological polar surface area (TPSA) is 84.3 Å². The molecule has 160 valence electrons. The summed E-state index contributed by atoms with van der Waals surface area (Å²) >= 11 is 0. The lowest BCUT2D eigenvalue weighted by Gasteiger charge is -2.25. The summed E-state index contributed by atoms with van der Waals surface area (Å²) in [6.07, 6.45) is -1.76. The molecule has 0 atom stereocenters. The average Bonchev–Trinajstić information content (AvgIpc) is 3.00. The van der Waals surface area contributed by atoms with E-state index in [1.807, 2.05) is 5.32 Å². The fourth-order valence-corrected chi connectivity index (χ4v) is 4.92. The number of carbonyl (C=O) groups excluding carboxylic acids is 1. The zero-order valence-corrected chi connectivity index (χ0v) is 16.8. The van der Waals surface area contributed by atoms with Gasteiger partial charge in [-0.25, -0.2) is 13.4 Å². The van der Waals surface area contributed by atoms with Crippen molar-refractivity contribution in [3.05, 3.63) is 24.0 Å². The molecule has 1 aromatic heterocycles. The van der Waals surface area contributed by atoms with Crippen molar-refractivity contribution in [1.82, 2.24) is 19.2 Å². The zero-order valence-electron chi connectivity index (χ0n) is 16.0. The summed E-state index contributed by atoms with van der Waals surface area (Å²) in [5, 5.41) is 1.83. The third-order valence-electron chi connectivity index (χ3n) is 4.96. The van der Waals surface area contributed by atoms with E-state index in [4.69, 9.17) is 0 Å². The Bertz CT molecular complexity index is 996. The Morgan fingerprint density at radius 1 is 1.21 bits per heavy atom. The molecule has 1 aromatic carbocycles. The monoisotopic (exact) mass is 432 g/mol. The molecule has 1 amide bonds. The summed E-state index contributed by atoms with van der Waals surface area (Å²) in [6.45, 7) is -0.367. The second kappa shape index (κ2) is 8.31. The number of sulfonamides is 1. The van der Waals surface area contributed by atoms with E-state index in [2.05, 4.69) is 4.98 Å². The summed E-state index contributed by atoms with van der Waals surface area (Å²) in [4.78, 5) is 16.2. The number of hydrogen-bond acceptors (Lipinski definition) is 4. The highest BCUT2D eigenvalue weighted by molar-refractivity contribution is 7.89. The van der Waals surface area contributed by atoms with Crippen LogP contribution >= 0.6 is 0 Å². The lowest BCUT2D eigenvalue weighted by atomic mass is 10.2. The molecule has 29 heavy (non-hydrogen) atoms. The second-order valence-electron chi connectivity index (χ2n) is 7.09. The molecule has 0 spiro atoms. The van der Waals surface area contributed by atoms with Crippen LogP contribution in [0.3, 0.4) is 0 Å². The van der Waals surface area contributed by atoms with Crippen molar-refractivity contribution in [2.75, 3.05) is 19.6 Å². The normalized spacial score (nSPS) is 16.3. The van der Waals surface area contributed by atoms with E-state index < -0.39 is 28.7 Å². The number of halogens is 3. The highest BCUT2D eigenvalue weighted by Gasteiger charge is 2.28. The number of aromatic nitrogens is 2. The third kappa shape index (κ3) is 5.08. The largest absolute Gasteiger partial charge is 0.405 e. The van der Waals surface area contributed by atoms with Crippen molar-refractivity contribution in [2.45, 2.75) is 43.2 Å². The molecule has 2 aromatic rings. The van der Waals surface area contributed by atoms with Gasteiger partial charge >= 0.3 is 6.18 Å². The van der Waals surface area contributed by atoms with Crippen LogP contribution in [-0.4, -0.2) is 54.0 Å². The Labute approximate surface area is 166 Å². The molecule has 0 unspecified atom stereocenters. The van der Waals surface area contributed by atoms with Gasteiger partial charge in [0, 0.05) is 33.0 Å². The molecular formula is C18H23F3N4O3S. The van der Waals surface area contributed by atoms with Gasteiger partial charge in [-0.2, -0.15) is 17.5 Å². The van der Waals surface area contributed by atoms with Crippen LogP contribution < -0.4 is 5.32 Å². The van der Waals surface area contributed by atoms with Crippen molar-refractivity contribution < 1.29 is 26.4 Å². The van der Waals surface area contributed by atoms with Gasteiger partial charge in [0.15, 0.2) is 0 Å². The number of alkyl halides is 3. The van der Waals surface area contributed by atoms with Crippen LogP contribution in [0.5, 0.6) is 0 Å². The van der Waals surface area contributed by atoms with E-state index >= 15 is 0 Å². The predicted octanol–water partition coefficient (Wildman–Crippen LogP) is 2.36. The second-order valence-corrected chi connectivity index (χ2v) is 9.03. The molecule has 3 rings (SSSR count). The van der Waals surface area contributed by atoms with E-state index in [1.54, 1.807) is 17.7 Å². The number of fused-ring (bicyclic) bond motifs is 1. The summed E-state index contributed by atoms with van der Waals surface area (Å²) in [6, 6.07) is 4.70. The third-order valence-corrected chi connectivity index (χ3v) is 6.85. The van der Waals surface area contributed by atoms with Gasteiger partial charge in [-0.05, 0) is 31.0 Å². The van der Waals surface area contributed by atoms with Crippen molar-refractivity contribution in [3.8, 4) is 0 Å². The Kier molecular flexibility index (Phi) is 6.18. The van der Waals surface area contributed by atoms with Gasteiger partial charge in [-0.3, -0.25) is 4.79 Å². The van der Waals surface area contributed by atoms with E-state index in [0.717, 1.165) is 19.3 Å². The molecule has 11 heteroatoms. The summed E-state index contributed by atoms with van der Waals surface area (Å²) in [7, 11) is -1.87. The minimum absolute atomic E-state index is 0.142. The van der Waals surface area contributed by atoms with Crippen LogP contribution in [0, 0.1) is 0 Å². The first-order chi connectivity index (χ1) is 13.6. The van der Waals surface area contributed by atoms with Gasteiger partial charge in [0.25, 0.3) is 0 Å². The minimum atomic E-state index is -4.45. The summed E-state index contributed by atoms with van der Waals surface area (Å²) in [5.74, 6) is -0.225. The molecule has 0 bridgehead atoms. The van der Waals surface area contributed by atoms with Crippen molar-refractivity contribution in [1.29, 1.82) is 0 Å². The number of hydrogen-bond donors (Lipinski definition) is 1. The maximum absolute atomic E-state index is 12.8. The molecule has 1 fully saturated rings. The number of rotatable bonds is 6. The highest BCUT2D eigenvalue weighted by atomic mass is 32.2. The fourth-order valence-electron chi connectivity index (χ4n) is 3.38. The van der Waals surface area contributed by atoms with Crippen LogP contribution in [0.2, 0.25) is 0 Å². The number of piperidine rings is 1. The van der Waals surface area contributed by atoms with Gasteiger partial charge in [-0.15, -0.1) is 0 Å². The fraction of sp³-hybridized carbons (Fsp3) is 0.556. The van der Waals surface area contributed by atoms with Crippen molar-refractivity contribution in [3.63, 3.8) is 0 Å². The molecule has 1 aliphatic heterocycles. The molecule has 0 radical (unpaired) electrons. The van der Waals surface area contributed by atoms with E-state index in [0.29, 0.717) is 29.9 Å². The van der Waals surface area contributed by atoms with Crippen LogP contribution in [0.4, 0.5) is 13.2 Å². The van der Waals surface area contributed by atoms with Crippen LogP contribution in [-0.2, 0) is 28.3 Å². The maximum atomic E-state index is 12.8. The van der Waals surface area contributed by atoms with Crippen molar-refractivity contribution in [2.24, 2.45) is 7.05 Å². The van der Waals surface area contributed by atoms with Crippen LogP contribution in [0.1, 0.15) is 31.5 Å². The smallest absolute Gasteiger partial charge is 0.347 e. The zero-order chi connectivity index (χ0) is 21.2. The first kappa shape index (κ1) is 21.6. The standard InChI is InChI=1S/C18H23F3N4O3S/c1-24-15-6-5-13(29(27,28)25-9-3-2-4-10-25)11-14(15)23-16(24)7-8-17(26)22-12-18(19,20)21/h5-6,11H,2-4,7-10,12H2,1H3,(H,22,26). The van der Waals surface area contributed by atoms with E-state index in [-0.39, 0.29) is 17.7 Å². The van der Waals surface area contributed by atoms with Gasteiger partial charge in [0.1, 0.15) is 12.4 Å². The number of imidazole rings is 1. The molecule has 7 nitrogen and oxygen atoms in total. The molecular weight excluding hydrogens is 409 g/mol. The summed E-state index contributed by atoms with van der Waals surface area (Å²) in [5.41, 5.74) is 1.16. The Morgan fingerprint density at radius 3 is 2.55 bits per heavy atom. The first-order valence-corrected chi connectivity index (χ1v) is 10.8. The number of nitrogens with zero attached hydrogens (tertiary/aromatic N) is 3. The molecule has 0 saturated carbocycles. The van der Waals surface area contributed by atoms with Crippen LogP contribution in [0.15, 0.2) is 23.1 Å². The Morgan fingerprint density at radius 2 is 1.90 bits per heavy atom. The number of nitrogens with one attached hydrogen (secondary N) is 1.